The van der Waals surface area contributed by atoms with E-state index in [0.717, 1.165) is 35.5 Å². The summed E-state index contributed by atoms with van der Waals surface area (Å²) in [5.41, 5.74) is 3.40. The largest absolute Gasteiger partial charge is 0.367 e. The fourth-order valence-electron chi connectivity index (χ4n) is 3.92. The van der Waals surface area contributed by atoms with Crippen LogP contribution < -0.4 is 10.6 Å². The molecule has 2 unspecified atom stereocenters. The monoisotopic (exact) mass is 476 g/mol. The Balaban J connectivity index is 1.18. The van der Waals surface area contributed by atoms with Gasteiger partial charge in [-0.05, 0) is 29.8 Å². The molecule has 0 saturated carbocycles. The first-order valence-corrected chi connectivity index (χ1v) is 12.7. The first-order valence-electron chi connectivity index (χ1n) is 11.7. The maximum atomic E-state index is 12.6. The molecule has 1 aromatic heterocycles. The van der Waals surface area contributed by atoms with Gasteiger partial charge in [-0.15, -0.1) is 11.8 Å². The minimum atomic E-state index is -0.179. The summed E-state index contributed by atoms with van der Waals surface area (Å²) < 4.78 is 6.30. The van der Waals surface area contributed by atoms with Crippen molar-refractivity contribution in [3.05, 3.63) is 102 Å². The van der Waals surface area contributed by atoms with Gasteiger partial charge < -0.3 is 15.0 Å². The highest BCUT2D eigenvalue weighted by atomic mass is 32.2. The number of benzene rings is 2. The number of ether oxygens (including phenoxy) is 1. The summed E-state index contributed by atoms with van der Waals surface area (Å²) in [5.74, 6) is 0.812. The van der Waals surface area contributed by atoms with Crippen LogP contribution in [-0.4, -0.2) is 60.9 Å². The van der Waals surface area contributed by atoms with E-state index < -0.39 is 0 Å². The van der Waals surface area contributed by atoms with Crippen LogP contribution in [0.5, 0.6) is 0 Å². The molecule has 178 valence electrons. The van der Waals surface area contributed by atoms with E-state index in [-0.39, 0.29) is 23.4 Å². The molecule has 0 bridgehead atoms. The smallest absolute Gasteiger partial charge is 0.238 e. The summed E-state index contributed by atoms with van der Waals surface area (Å²) in [4.78, 5) is 18.9. The van der Waals surface area contributed by atoms with E-state index in [0.29, 0.717) is 13.2 Å². The number of carbonyl (C=O) groups excluding carboxylic acids is 1. The molecule has 1 aliphatic heterocycles. The minimum Gasteiger partial charge on any atom is -0.367 e. The molecule has 4 rings (SSSR count). The summed E-state index contributed by atoms with van der Waals surface area (Å²) in [6, 6.07) is 24.4. The standard InChI is InChI=1S/C27H32N4O2S/c1-31(16-15-29-26(32)24-20-34-27(30-24)23-13-8-14-28-19-23)17-18-33-25(21-9-4-2-5-10-21)22-11-6-3-7-12-22/h2-14,19,24-25,27,30H,15-18,20H2,1H3,(H,29,32). The van der Waals surface area contributed by atoms with Gasteiger partial charge in [0.25, 0.3) is 0 Å². The molecule has 1 aliphatic rings. The third kappa shape index (κ3) is 6.90. The lowest BCUT2D eigenvalue weighted by Gasteiger charge is -2.22. The van der Waals surface area contributed by atoms with E-state index >= 15 is 0 Å². The highest BCUT2D eigenvalue weighted by Crippen LogP contribution is 2.32. The van der Waals surface area contributed by atoms with Crippen molar-refractivity contribution in [3.8, 4) is 0 Å². The van der Waals surface area contributed by atoms with Crippen LogP contribution in [0.3, 0.4) is 0 Å². The second kappa shape index (κ2) is 12.7. The minimum absolute atomic E-state index is 0.0526. The number of carbonyl (C=O) groups is 1. The third-order valence-electron chi connectivity index (χ3n) is 5.84. The molecule has 1 amide bonds. The molecule has 1 fully saturated rings. The zero-order valence-corrected chi connectivity index (χ0v) is 20.3. The van der Waals surface area contributed by atoms with Crippen LogP contribution in [-0.2, 0) is 9.53 Å². The van der Waals surface area contributed by atoms with Gasteiger partial charge in [-0.25, -0.2) is 0 Å². The lowest BCUT2D eigenvalue weighted by molar-refractivity contribution is -0.122. The summed E-state index contributed by atoms with van der Waals surface area (Å²) >= 11 is 1.74. The predicted octanol–water partition coefficient (Wildman–Crippen LogP) is 3.64. The van der Waals surface area contributed by atoms with Crippen LogP contribution in [0, 0.1) is 0 Å². The highest BCUT2D eigenvalue weighted by Gasteiger charge is 2.30. The summed E-state index contributed by atoms with van der Waals surface area (Å²) in [6.07, 6.45) is 3.52. The summed E-state index contributed by atoms with van der Waals surface area (Å²) in [7, 11) is 2.05. The van der Waals surface area contributed by atoms with Gasteiger partial charge in [0.05, 0.1) is 18.0 Å². The molecular weight excluding hydrogens is 444 g/mol. The lowest BCUT2D eigenvalue weighted by Crippen LogP contribution is -2.44. The van der Waals surface area contributed by atoms with E-state index in [1.165, 1.54) is 0 Å². The van der Waals surface area contributed by atoms with E-state index in [1.54, 1.807) is 18.0 Å². The van der Waals surface area contributed by atoms with Crippen molar-refractivity contribution in [2.75, 3.05) is 39.0 Å². The Morgan fingerprint density at radius 1 is 1.09 bits per heavy atom. The third-order valence-corrected chi connectivity index (χ3v) is 7.11. The molecule has 3 aromatic rings. The molecule has 0 radical (unpaired) electrons. The van der Waals surface area contributed by atoms with Crippen LogP contribution in [0.15, 0.2) is 85.2 Å². The average Bonchev–Trinajstić information content (AvgIpc) is 3.39. The van der Waals surface area contributed by atoms with Gasteiger partial charge in [-0.1, -0.05) is 66.7 Å². The van der Waals surface area contributed by atoms with Crippen molar-refractivity contribution in [1.82, 2.24) is 20.5 Å². The normalized spacial score (nSPS) is 17.9. The Morgan fingerprint density at radius 3 is 2.44 bits per heavy atom. The molecule has 2 aromatic carbocycles. The maximum absolute atomic E-state index is 12.6. The zero-order chi connectivity index (χ0) is 23.6. The first-order chi connectivity index (χ1) is 16.7. The SMILES string of the molecule is CN(CCNC(=O)C1CSC(c2cccnc2)N1)CCOC(c1ccccc1)c1ccccc1. The second-order valence-corrected chi connectivity index (χ2v) is 9.52. The number of nitrogens with one attached hydrogen (secondary N) is 2. The quantitative estimate of drug-likeness (QED) is 0.441. The van der Waals surface area contributed by atoms with Crippen LogP contribution in [0.25, 0.3) is 0 Å². The number of pyridine rings is 1. The number of hydrogen-bond donors (Lipinski definition) is 2. The second-order valence-electron chi connectivity index (χ2n) is 8.39. The topological polar surface area (TPSA) is 66.5 Å². The van der Waals surface area contributed by atoms with Gasteiger partial charge >= 0.3 is 0 Å². The number of aromatic nitrogens is 1. The van der Waals surface area contributed by atoms with Crippen LogP contribution >= 0.6 is 11.8 Å². The van der Waals surface area contributed by atoms with Crippen LogP contribution in [0.2, 0.25) is 0 Å². The number of nitrogens with zero attached hydrogens (tertiary/aromatic N) is 2. The van der Waals surface area contributed by atoms with Crippen molar-refractivity contribution in [2.24, 2.45) is 0 Å². The van der Waals surface area contributed by atoms with Crippen LogP contribution in [0.1, 0.15) is 28.2 Å². The maximum Gasteiger partial charge on any atom is 0.238 e. The number of amides is 1. The van der Waals surface area contributed by atoms with E-state index in [2.05, 4.69) is 51.8 Å². The van der Waals surface area contributed by atoms with Crippen molar-refractivity contribution in [3.63, 3.8) is 0 Å². The van der Waals surface area contributed by atoms with Crippen molar-refractivity contribution < 1.29 is 9.53 Å². The Kier molecular flexibility index (Phi) is 9.10. The first kappa shape index (κ1) is 24.4. The molecule has 34 heavy (non-hydrogen) atoms. The van der Waals surface area contributed by atoms with E-state index in [4.69, 9.17) is 4.74 Å². The number of likely N-dealkylation sites (N-methyl/N-ethyl adjacent to an activating group) is 1. The lowest BCUT2D eigenvalue weighted by atomic mass is 10.0. The van der Waals surface area contributed by atoms with Crippen molar-refractivity contribution in [1.29, 1.82) is 0 Å². The molecule has 2 heterocycles. The Bertz CT molecular complexity index is 967. The Labute approximate surface area is 206 Å². The average molecular weight is 477 g/mol. The molecule has 6 nitrogen and oxygen atoms in total. The zero-order valence-electron chi connectivity index (χ0n) is 19.5. The van der Waals surface area contributed by atoms with Crippen LogP contribution in [0.4, 0.5) is 0 Å². The van der Waals surface area contributed by atoms with Gasteiger partial charge in [0, 0.05) is 37.8 Å². The molecule has 2 N–H and O–H groups in total. The molecule has 1 saturated heterocycles. The van der Waals surface area contributed by atoms with E-state index in [9.17, 15) is 4.79 Å². The van der Waals surface area contributed by atoms with E-state index in [1.807, 2.05) is 54.7 Å². The number of rotatable bonds is 11. The highest BCUT2D eigenvalue weighted by molar-refractivity contribution is 7.99. The molecular formula is C27H32N4O2S. The van der Waals surface area contributed by atoms with Gasteiger partial charge in [-0.2, -0.15) is 0 Å². The summed E-state index contributed by atoms with van der Waals surface area (Å²) in [5, 5.41) is 6.58. The molecule has 7 heteroatoms. The number of hydrogen-bond acceptors (Lipinski definition) is 6. The van der Waals surface area contributed by atoms with Gasteiger partial charge in [0.15, 0.2) is 0 Å². The fourth-order valence-corrected chi connectivity index (χ4v) is 5.14. The van der Waals surface area contributed by atoms with Gasteiger partial charge in [0.2, 0.25) is 5.91 Å². The predicted molar refractivity (Wildman–Crippen MR) is 138 cm³/mol. The van der Waals surface area contributed by atoms with Gasteiger partial charge in [0.1, 0.15) is 6.10 Å². The fraction of sp³-hybridized carbons (Fsp3) is 0.333. The molecule has 0 aliphatic carbocycles. The van der Waals surface area contributed by atoms with Gasteiger partial charge in [-0.3, -0.25) is 15.1 Å². The Morgan fingerprint density at radius 2 is 1.79 bits per heavy atom. The van der Waals surface area contributed by atoms with Crippen molar-refractivity contribution >= 4 is 17.7 Å². The summed E-state index contributed by atoms with van der Waals surface area (Å²) in [6.45, 7) is 2.76. The van der Waals surface area contributed by atoms with Crippen molar-refractivity contribution in [2.45, 2.75) is 17.5 Å². The molecule has 2 atom stereocenters. The molecule has 0 spiro atoms. The number of thioether (sulfide) groups is 1. The Hall–Kier alpha value is -2.71.